The van der Waals surface area contributed by atoms with E-state index in [0.717, 1.165) is 37.7 Å². The summed E-state index contributed by atoms with van der Waals surface area (Å²) < 4.78 is 5.62. The number of fused-ring (bicyclic) bond motifs is 5. The number of hydrogen-bond acceptors (Lipinski definition) is 3. The van der Waals surface area contributed by atoms with Crippen LogP contribution in [0.3, 0.4) is 0 Å². The summed E-state index contributed by atoms with van der Waals surface area (Å²) in [7, 11) is 1.83. The van der Waals surface area contributed by atoms with E-state index >= 15 is 0 Å². The highest BCUT2D eigenvalue weighted by molar-refractivity contribution is 5.10. The summed E-state index contributed by atoms with van der Waals surface area (Å²) in [5.41, 5.74) is 0.510. The van der Waals surface area contributed by atoms with Crippen molar-refractivity contribution in [3.05, 3.63) is 0 Å². The maximum atomic E-state index is 10.6. The van der Waals surface area contributed by atoms with Crippen LogP contribution in [0, 0.1) is 40.4 Å². The summed E-state index contributed by atoms with van der Waals surface area (Å²) in [5, 5.41) is 20.9. The van der Waals surface area contributed by atoms with Crippen LogP contribution in [0.1, 0.15) is 65.2 Å². The lowest BCUT2D eigenvalue weighted by atomic mass is 9.43. The summed E-state index contributed by atoms with van der Waals surface area (Å²) >= 11 is 0. The molecule has 0 radical (unpaired) electrons. The first-order valence-corrected chi connectivity index (χ1v) is 10.2. The zero-order valence-corrected chi connectivity index (χ0v) is 15.7. The minimum absolute atomic E-state index is 0.0944. The van der Waals surface area contributed by atoms with Crippen LogP contribution in [0.25, 0.3) is 0 Å². The predicted octanol–water partition coefficient (Wildman–Crippen LogP) is 3.62. The van der Waals surface area contributed by atoms with Gasteiger partial charge in [0.25, 0.3) is 0 Å². The molecule has 2 unspecified atom stereocenters. The number of ether oxygens (including phenoxy) is 1. The zero-order chi connectivity index (χ0) is 17.1. The van der Waals surface area contributed by atoms with E-state index in [9.17, 15) is 10.2 Å². The Morgan fingerprint density at radius 1 is 0.875 bits per heavy atom. The Hall–Kier alpha value is -0.120. The molecule has 24 heavy (non-hydrogen) atoms. The van der Waals surface area contributed by atoms with E-state index in [0.29, 0.717) is 23.2 Å². The molecule has 4 aliphatic carbocycles. The van der Waals surface area contributed by atoms with E-state index in [1.54, 1.807) is 0 Å². The van der Waals surface area contributed by atoms with Gasteiger partial charge in [-0.25, -0.2) is 0 Å². The number of aliphatic hydroxyl groups is 2. The van der Waals surface area contributed by atoms with Crippen molar-refractivity contribution in [3.63, 3.8) is 0 Å². The van der Waals surface area contributed by atoms with Crippen molar-refractivity contribution in [2.24, 2.45) is 40.4 Å². The van der Waals surface area contributed by atoms with Gasteiger partial charge in [0.1, 0.15) is 0 Å². The first-order valence-electron chi connectivity index (χ1n) is 10.2. The van der Waals surface area contributed by atoms with Gasteiger partial charge in [0, 0.05) is 13.7 Å². The van der Waals surface area contributed by atoms with Crippen LogP contribution in [0.4, 0.5) is 0 Å². The van der Waals surface area contributed by atoms with Gasteiger partial charge in [-0.3, -0.25) is 0 Å². The van der Waals surface area contributed by atoms with Crippen LogP contribution in [-0.2, 0) is 4.74 Å². The molecule has 0 spiro atoms. The summed E-state index contributed by atoms with van der Waals surface area (Å²) in [6, 6.07) is 0. The Bertz CT molecular complexity index is 480. The zero-order valence-electron chi connectivity index (χ0n) is 15.7. The van der Waals surface area contributed by atoms with E-state index in [1.807, 2.05) is 7.11 Å². The van der Waals surface area contributed by atoms with Gasteiger partial charge in [-0.15, -0.1) is 0 Å². The number of hydrogen-bond donors (Lipinski definition) is 2. The van der Waals surface area contributed by atoms with Crippen molar-refractivity contribution in [1.29, 1.82) is 0 Å². The summed E-state index contributed by atoms with van der Waals surface area (Å²) in [6.07, 6.45) is 8.84. The quantitative estimate of drug-likeness (QED) is 0.810. The molecular formula is C21H36O3. The molecule has 0 aromatic heterocycles. The summed E-state index contributed by atoms with van der Waals surface area (Å²) in [4.78, 5) is 0. The first-order chi connectivity index (χ1) is 11.4. The monoisotopic (exact) mass is 336 g/mol. The van der Waals surface area contributed by atoms with E-state index < -0.39 is 0 Å². The van der Waals surface area contributed by atoms with Gasteiger partial charge in [-0.1, -0.05) is 13.8 Å². The van der Waals surface area contributed by atoms with E-state index in [4.69, 9.17) is 4.74 Å². The molecule has 4 aliphatic rings. The Kier molecular flexibility index (Phi) is 4.29. The smallest absolute Gasteiger partial charge is 0.0596 e. The highest BCUT2D eigenvalue weighted by Crippen LogP contribution is 2.67. The van der Waals surface area contributed by atoms with Crippen LogP contribution >= 0.6 is 0 Å². The highest BCUT2D eigenvalue weighted by atomic mass is 16.5. The van der Waals surface area contributed by atoms with E-state index in [-0.39, 0.29) is 17.6 Å². The normalized spacial score (nSPS) is 57.1. The molecule has 4 saturated carbocycles. The molecule has 0 heterocycles. The van der Waals surface area contributed by atoms with E-state index in [1.165, 1.54) is 32.1 Å². The number of methoxy groups -OCH3 is 1. The van der Waals surface area contributed by atoms with Crippen molar-refractivity contribution in [1.82, 2.24) is 0 Å². The van der Waals surface area contributed by atoms with Crippen molar-refractivity contribution in [3.8, 4) is 0 Å². The minimum Gasteiger partial charge on any atom is -0.393 e. The van der Waals surface area contributed by atoms with Gasteiger partial charge < -0.3 is 14.9 Å². The molecule has 3 nitrogen and oxygen atoms in total. The molecule has 0 saturated heterocycles. The third kappa shape index (κ3) is 2.34. The van der Waals surface area contributed by atoms with Gasteiger partial charge in [0.05, 0.1) is 12.2 Å². The SMILES string of the molecule is COC[C@@H]1C[C@H]2[C@@H]3CC[C@H](O)[C@@]3(C)CC[C@@H]2[C@@]2(C)CCC(O)CC12. The van der Waals surface area contributed by atoms with Gasteiger partial charge >= 0.3 is 0 Å². The van der Waals surface area contributed by atoms with Crippen molar-refractivity contribution in [2.75, 3.05) is 13.7 Å². The van der Waals surface area contributed by atoms with Gasteiger partial charge in [0.15, 0.2) is 0 Å². The summed E-state index contributed by atoms with van der Waals surface area (Å²) in [5.74, 6) is 3.41. The van der Waals surface area contributed by atoms with Gasteiger partial charge in [-0.05, 0) is 91.8 Å². The van der Waals surface area contributed by atoms with Crippen LogP contribution in [-0.4, -0.2) is 36.1 Å². The molecule has 0 aromatic rings. The third-order valence-electron chi connectivity index (χ3n) is 9.15. The Labute approximate surface area is 147 Å². The average molecular weight is 337 g/mol. The molecule has 0 aliphatic heterocycles. The lowest BCUT2D eigenvalue weighted by Gasteiger charge is -2.62. The van der Waals surface area contributed by atoms with Gasteiger partial charge in [-0.2, -0.15) is 0 Å². The highest BCUT2D eigenvalue weighted by Gasteiger charge is 2.61. The van der Waals surface area contributed by atoms with Crippen LogP contribution in [0.2, 0.25) is 0 Å². The maximum absolute atomic E-state index is 10.6. The predicted molar refractivity (Wildman–Crippen MR) is 94.5 cm³/mol. The fourth-order valence-electron chi connectivity index (χ4n) is 7.85. The van der Waals surface area contributed by atoms with Gasteiger partial charge in [0.2, 0.25) is 0 Å². The molecule has 138 valence electrons. The number of rotatable bonds is 2. The average Bonchev–Trinajstić information content (AvgIpc) is 2.85. The van der Waals surface area contributed by atoms with Crippen LogP contribution in [0.5, 0.6) is 0 Å². The molecule has 0 aromatic carbocycles. The first kappa shape index (κ1) is 17.3. The minimum atomic E-state index is -0.110. The Morgan fingerprint density at radius 2 is 1.58 bits per heavy atom. The Balaban J connectivity index is 1.67. The van der Waals surface area contributed by atoms with Crippen molar-refractivity contribution < 1.29 is 14.9 Å². The fourth-order valence-corrected chi connectivity index (χ4v) is 7.85. The lowest BCUT2D eigenvalue weighted by Crippen LogP contribution is -2.57. The molecule has 3 heteroatoms. The van der Waals surface area contributed by atoms with Crippen LogP contribution in [0.15, 0.2) is 0 Å². The van der Waals surface area contributed by atoms with Crippen molar-refractivity contribution in [2.45, 2.75) is 77.4 Å². The molecule has 4 fully saturated rings. The van der Waals surface area contributed by atoms with Crippen molar-refractivity contribution >= 4 is 0 Å². The molecule has 0 amide bonds. The lowest BCUT2D eigenvalue weighted by molar-refractivity contribution is -0.162. The topological polar surface area (TPSA) is 49.7 Å². The fraction of sp³-hybridized carbons (Fsp3) is 1.00. The second-order valence-electron chi connectivity index (χ2n) is 10.0. The van der Waals surface area contributed by atoms with Crippen LogP contribution < -0.4 is 0 Å². The summed E-state index contributed by atoms with van der Waals surface area (Å²) in [6.45, 7) is 5.72. The standard InChI is InChI=1S/C21H36O3/c1-20-8-6-14(22)11-18(20)13(12-24-3)10-15-16-4-5-19(23)21(16,2)9-7-17(15)20/h13-19,22-23H,4-12H2,1-3H3/t13-,14?,15-,16-,17-,18?,19-,20+,21-/m0/s1. The largest absolute Gasteiger partial charge is 0.393 e. The third-order valence-corrected chi connectivity index (χ3v) is 9.15. The number of aliphatic hydroxyl groups excluding tert-OH is 2. The molecule has 9 atom stereocenters. The molecular weight excluding hydrogens is 300 g/mol. The second-order valence-corrected chi connectivity index (χ2v) is 10.0. The molecule has 2 N–H and O–H groups in total. The Morgan fingerprint density at radius 3 is 2.33 bits per heavy atom. The molecule has 4 rings (SSSR count). The second kappa shape index (κ2) is 5.96. The molecule has 0 bridgehead atoms. The van der Waals surface area contributed by atoms with E-state index in [2.05, 4.69) is 13.8 Å². The maximum Gasteiger partial charge on any atom is 0.0596 e.